The number of hydrogen-bond acceptors (Lipinski definition) is 3. The Hall–Kier alpha value is -0.353. The zero-order valence-corrected chi connectivity index (χ0v) is 12.3. The van der Waals surface area contributed by atoms with Crippen molar-refractivity contribution in [1.29, 1.82) is 0 Å². The molecule has 0 amide bonds. The first-order valence-electron chi connectivity index (χ1n) is 6.01. The van der Waals surface area contributed by atoms with Crippen molar-refractivity contribution < 1.29 is 14.0 Å². The summed E-state index contributed by atoms with van der Waals surface area (Å²) in [6, 6.07) is 0. The molecule has 3 nitrogen and oxygen atoms in total. The minimum Gasteiger partial charge on any atom is -0.460 e. The fraction of sp³-hybridized carbons (Fsp3) is 0.917. The lowest BCUT2D eigenvalue weighted by Gasteiger charge is -2.39. The predicted octanol–water partition coefficient (Wildman–Crippen LogP) is 3.10. The number of carbonyl (C=O) groups is 1. The van der Waals surface area contributed by atoms with Crippen LogP contribution in [0.4, 0.5) is 0 Å². The molecular weight excluding hydrogens is 220 g/mol. The third kappa shape index (κ3) is 3.07. The zero-order chi connectivity index (χ0) is 12.6. The van der Waals surface area contributed by atoms with Crippen molar-refractivity contribution in [2.75, 3.05) is 0 Å². The third-order valence-electron chi connectivity index (χ3n) is 3.73. The first-order chi connectivity index (χ1) is 7.13. The van der Waals surface area contributed by atoms with Crippen LogP contribution in [0.2, 0.25) is 18.1 Å². The van der Waals surface area contributed by atoms with Crippen LogP contribution in [0.5, 0.6) is 0 Å². The van der Waals surface area contributed by atoms with E-state index in [1.807, 2.05) is 6.92 Å². The van der Waals surface area contributed by atoms with Crippen molar-refractivity contribution in [2.45, 2.75) is 70.9 Å². The van der Waals surface area contributed by atoms with Crippen molar-refractivity contribution in [3.8, 4) is 0 Å². The van der Waals surface area contributed by atoms with Crippen LogP contribution in [-0.4, -0.2) is 26.5 Å². The summed E-state index contributed by atoms with van der Waals surface area (Å²) in [5.74, 6) is -0.0873. The monoisotopic (exact) mass is 244 g/mol. The Balaban J connectivity index is 2.57. The molecule has 1 aliphatic rings. The van der Waals surface area contributed by atoms with Gasteiger partial charge in [0.1, 0.15) is 6.10 Å². The molecule has 0 saturated carbocycles. The maximum Gasteiger partial charge on any atom is 0.306 e. The van der Waals surface area contributed by atoms with Crippen molar-refractivity contribution >= 4 is 14.3 Å². The average molecular weight is 244 g/mol. The lowest BCUT2D eigenvalue weighted by atomic mass is 10.2. The van der Waals surface area contributed by atoms with Gasteiger partial charge in [0, 0.05) is 6.42 Å². The Labute approximate surface area is 99.6 Å². The van der Waals surface area contributed by atoms with Crippen LogP contribution in [0, 0.1) is 0 Å². The van der Waals surface area contributed by atoms with Gasteiger partial charge in [-0.15, -0.1) is 0 Å². The molecule has 0 unspecified atom stereocenters. The van der Waals surface area contributed by atoms with Crippen LogP contribution in [0.15, 0.2) is 0 Å². The fourth-order valence-electron chi connectivity index (χ4n) is 1.59. The van der Waals surface area contributed by atoms with E-state index in [0.29, 0.717) is 6.42 Å². The van der Waals surface area contributed by atoms with Crippen LogP contribution in [0.25, 0.3) is 0 Å². The summed E-state index contributed by atoms with van der Waals surface area (Å²) >= 11 is 0. The quantitative estimate of drug-likeness (QED) is 0.565. The fourth-order valence-corrected chi connectivity index (χ4v) is 3.03. The zero-order valence-electron chi connectivity index (χ0n) is 11.3. The maximum absolute atomic E-state index is 11.1. The number of esters is 1. The molecule has 0 aliphatic carbocycles. The van der Waals surface area contributed by atoms with E-state index >= 15 is 0 Å². The molecule has 0 spiro atoms. The Morgan fingerprint density at radius 3 is 2.38 bits per heavy atom. The van der Waals surface area contributed by atoms with Crippen LogP contribution in [0.3, 0.4) is 0 Å². The Morgan fingerprint density at radius 2 is 2.00 bits per heavy atom. The van der Waals surface area contributed by atoms with Gasteiger partial charge in [-0.2, -0.15) is 0 Å². The summed E-state index contributed by atoms with van der Waals surface area (Å²) < 4.78 is 11.4. The second-order valence-corrected chi connectivity index (χ2v) is 10.9. The minimum atomic E-state index is -1.75. The van der Waals surface area contributed by atoms with Gasteiger partial charge in [0.2, 0.25) is 0 Å². The SMILES string of the molecule is C[C@H](O[Si](C)(C)C(C)(C)C)[C@@H]1CCC(=O)O1. The molecule has 1 rings (SSSR count). The summed E-state index contributed by atoms with van der Waals surface area (Å²) in [6.45, 7) is 13.1. The van der Waals surface area contributed by atoms with Crippen LogP contribution >= 0.6 is 0 Å². The Kier molecular flexibility index (Phi) is 3.85. The highest BCUT2D eigenvalue weighted by Gasteiger charge is 2.41. The number of rotatable bonds is 3. The number of ether oxygens (including phenoxy) is 1. The summed E-state index contributed by atoms with van der Waals surface area (Å²) in [5, 5.41) is 0.198. The summed E-state index contributed by atoms with van der Waals surface area (Å²) in [4.78, 5) is 11.1. The molecule has 1 saturated heterocycles. The Bertz CT molecular complexity index is 268. The molecule has 94 valence electrons. The van der Waals surface area contributed by atoms with E-state index in [-0.39, 0.29) is 23.2 Å². The molecule has 4 heteroatoms. The molecular formula is C12H24O3Si. The van der Waals surface area contributed by atoms with Crippen LogP contribution < -0.4 is 0 Å². The van der Waals surface area contributed by atoms with Gasteiger partial charge in [-0.3, -0.25) is 4.79 Å². The van der Waals surface area contributed by atoms with E-state index in [1.54, 1.807) is 0 Å². The van der Waals surface area contributed by atoms with E-state index in [0.717, 1.165) is 6.42 Å². The highest BCUT2D eigenvalue weighted by atomic mass is 28.4. The van der Waals surface area contributed by atoms with Crippen LogP contribution in [0.1, 0.15) is 40.5 Å². The third-order valence-corrected chi connectivity index (χ3v) is 8.30. The predicted molar refractivity (Wildman–Crippen MR) is 66.9 cm³/mol. The van der Waals surface area contributed by atoms with Crippen molar-refractivity contribution in [3.63, 3.8) is 0 Å². The lowest BCUT2D eigenvalue weighted by molar-refractivity contribution is -0.144. The van der Waals surface area contributed by atoms with Gasteiger partial charge in [-0.05, 0) is 31.5 Å². The van der Waals surface area contributed by atoms with E-state index in [2.05, 4.69) is 33.9 Å². The van der Waals surface area contributed by atoms with Gasteiger partial charge in [-0.1, -0.05) is 20.8 Å². The van der Waals surface area contributed by atoms with E-state index in [4.69, 9.17) is 9.16 Å². The van der Waals surface area contributed by atoms with Crippen molar-refractivity contribution in [3.05, 3.63) is 0 Å². The molecule has 0 bridgehead atoms. The van der Waals surface area contributed by atoms with Crippen molar-refractivity contribution in [2.24, 2.45) is 0 Å². The average Bonchev–Trinajstić information content (AvgIpc) is 2.48. The minimum absolute atomic E-state index is 0.0207. The molecule has 0 aromatic heterocycles. The highest BCUT2D eigenvalue weighted by Crippen LogP contribution is 2.38. The van der Waals surface area contributed by atoms with Crippen LogP contribution in [-0.2, 0) is 14.0 Å². The molecule has 0 N–H and O–H groups in total. The number of hydrogen-bond donors (Lipinski definition) is 0. The molecule has 1 heterocycles. The second kappa shape index (κ2) is 4.49. The Morgan fingerprint density at radius 1 is 1.44 bits per heavy atom. The lowest BCUT2D eigenvalue weighted by Crippen LogP contribution is -2.46. The molecule has 0 radical (unpaired) electrons. The van der Waals surface area contributed by atoms with Gasteiger partial charge < -0.3 is 9.16 Å². The molecule has 0 aromatic rings. The topological polar surface area (TPSA) is 35.5 Å². The number of cyclic esters (lactones) is 1. The maximum atomic E-state index is 11.1. The van der Waals surface area contributed by atoms with Gasteiger partial charge in [0.25, 0.3) is 0 Å². The summed E-state index contributed by atoms with van der Waals surface area (Å²) in [5.41, 5.74) is 0. The van der Waals surface area contributed by atoms with Crippen molar-refractivity contribution in [1.82, 2.24) is 0 Å². The van der Waals surface area contributed by atoms with Gasteiger partial charge >= 0.3 is 5.97 Å². The smallest absolute Gasteiger partial charge is 0.306 e. The van der Waals surface area contributed by atoms with E-state index < -0.39 is 8.32 Å². The van der Waals surface area contributed by atoms with Gasteiger partial charge in [-0.25, -0.2) is 0 Å². The molecule has 1 fully saturated rings. The molecule has 16 heavy (non-hydrogen) atoms. The highest BCUT2D eigenvalue weighted by molar-refractivity contribution is 6.74. The molecule has 1 aliphatic heterocycles. The van der Waals surface area contributed by atoms with E-state index in [9.17, 15) is 4.79 Å². The largest absolute Gasteiger partial charge is 0.460 e. The van der Waals surface area contributed by atoms with Gasteiger partial charge in [0.15, 0.2) is 8.32 Å². The normalized spacial score (nSPS) is 24.4. The first kappa shape index (κ1) is 13.7. The second-order valence-electron chi connectivity index (χ2n) is 6.15. The van der Waals surface area contributed by atoms with Gasteiger partial charge in [0.05, 0.1) is 6.10 Å². The summed E-state index contributed by atoms with van der Waals surface area (Å²) in [7, 11) is -1.75. The summed E-state index contributed by atoms with van der Waals surface area (Å²) in [6.07, 6.45) is 1.32. The number of carbonyl (C=O) groups excluding carboxylic acids is 1. The molecule has 2 atom stereocenters. The molecule has 0 aromatic carbocycles. The standard InChI is InChI=1S/C12H24O3Si/c1-9(10-7-8-11(13)14-10)15-16(5,6)12(2,3)4/h9-10H,7-8H2,1-6H3/t9-,10-/m0/s1. The van der Waals surface area contributed by atoms with E-state index in [1.165, 1.54) is 0 Å². The first-order valence-corrected chi connectivity index (χ1v) is 8.91.